The van der Waals surface area contributed by atoms with Gasteiger partial charge in [0.2, 0.25) is 0 Å². The average Bonchev–Trinajstić information content (AvgIpc) is 1.87. The van der Waals surface area contributed by atoms with Gasteiger partial charge in [0.25, 0.3) is 0 Å². The molecule has 0 aliphatic heterocycles. The molecule has 0 aliphatic carbocycles. The molecule has 0 aliphatic rings. The molecular formula is C3H8NO3P. The molecule has 0 aromatic heterocycles. The van der Waals surface area contributed by atoms with Crippen LogP contribution in [0.3, 0.4) is 0 Å². The molecule has 0 aromatic carbocycles. The Morgan fingerprint density at radius 3 is 1.88 bits per heavy atom. The van der Waals surface area contributed by atoms with E-state index in [0.29, 0.717) is 0 Å². The second kappa shape index (κ2) is 2.95. The molecule has 48 valence electrons. The van der Waals surface area contributed by atoms with Gasteiger partial charge in [0.1, 0.15) is 0 Å². The summed E-state index contributed by atoms with van der Waals surface area (Å²) < 4.78 is 8.69. The summed E-state index contributed by atoms with van der Waals surface area (Å²) in [6.45, 7) is 0. The number of rotatable bonds is 2. The Bertz CT molecular complexity index is 106. The summed E-state index contributed by atoms with van der Waals surface area (Å²) >= 11 is 0. The minimum absolute atomic E-state index is 1.24. The molecule has 8 heavy (non-hydrogen) atoms. The molecular weight excluding hydrogens is 129 g/mol. The summed E-state index contributed by atoms with van der Waals surface area (Å²) in [6.07, 6.45) is 0. The van der Waals surface area contributed by atoms with Gasteiger partial charge < -0.3 is 0 Å². The fraction of sp³-hybridized carbons (Fsp3) is 0.667. The summed E-state index contributed by atoms with van der Waals surface area (Å²) in [4.78, 5) is 8.77. The fourth-order valence-electron chi connectivity index (χ4n) is 0.175. The monoisotopic (exact) mass is 137 g/mol. The van der Waals surface area contributed by atoms with Gasteiger partial charge in [0.15, 0.2) is 0 Å². The molecule has 0 heterocycles. The van der Waals surface area contributed by atoms with Crippen LogP contribution < -0.4 is 0 Å². The van der Waals surface area contributed by atoms with Crippen LogP contribution in [0.15, 0.2) is 0 Å². The first-order valence-electron chi connectivity index (χ1n) is 1.92. The van der Waals surface area contributed by atoms with Gasteiger partial charge in [-0.1, -0.05) is 0 Å². The molecule has 0 aromatic rings. The van der Waals surface area contributed by atoms with Crippen molar-refractivity contribution in [3.63, 3.8) is 0 Å². The third-order valence-electron chi connectivity index (χ3n) is 0.695. The van der Waals surface area contributed by atoms with Crippen molar-refractivity contribution in [2.24, 2.45) is 0 Å². The fourth-order valence-corrected chi connectivity index (χ4v) is 0.524. The molecule has 0 bridgehead atoms. The summed E-state index contributed by atoms with van der Waals surface area (Å²) in [5, 5.41) is 8.10. The maximum atomic E-state index is 8.77. The van der Waals surface area contributed by atoms with E-state index in [1.54, 1.807) is 0 Å². The van der Waals surface area contributed by atoms with Crippen molar-refractivity contribution in [3.8, 4) is 5.81 Å². The number of hydrogen-bond acceptors (Lipinski definition) is 4. The Morgan fingerprint density at radius 2 is 1.88 bits per heavy atom. The zero-order valence-electron chi connectivity index (χ0n) is 4.71. The predicted molar refractivity (Wildman–Crippen MR) is 30.2 cm³/mol. The van der Waals surface area contributed by atoms with Gasteiger partial charge in [-0.15, -0.1) is 0 Å². The molecule has 0 fully saturated rings. The topological polar surface area (TPSA) is 62.5 Å². The summed E-state index contributed by atoms with van der Waals surface area (Å²) in [7, 11) is -0.896. The van der Waals surface area contributed by atoms with Crippen molar-refractivity contribution in [2.75, 3.05) is 14.2 Å². The van der Waals surface area contributed by atoms with Crippen molar-refractivity contribution >= 4 is 7.94 Å². The van der Waals surface area contributed by atoms with E-state index >= 15 is 0 Å². The van der Waals surface area contributed by atoms with Crippen LogP contribution in [0.2, 0.25) is 0 Å². The second-order valence-electron chi connectivity index (χ2n) is 1.10. The molecule has 0 rings (SSSR count). The molecule has 0 atom stereocenters. The van der Waals surface area contributed by atoms with E-state index in [2.05, 4.69) is 9.05 Å². The third kappa shape index (κ3) is 1.73. The van der Waals surface area contributed by atoms with Crippen molar-refractivity contribution in [3.05, 3.63) is 0 Å². The van der Waals surface area contributed by atoms with Crippen molar-refractivity contribution < 1.29 is 13.9 Å². The molecule has 4 nitrogen and oxygen atoms in total. The molecule has 5 heteroatoms. The second-order valence-corrected chi connectivity index (χ2v) is 3.31. The van der Waals surface area contributed by atoms with Crippen LogP contribution in [0.5, 0.6) is 0 Å². The van der Waals surface area contributed by atoms with E-state index in [4.69, 9.17) is 10.2 Å². The standard InChI is InChI=1S/C3H8NO3P/c1-6-8(5,3-4)7-2/h5,8H,1-2H3. The zero-order valence-corrected chi connectivity index (χ0v) is 5.71. The molecule has 0 amide bonds. The van der Waals surface area contributed by atoms with E-state index in [-0.39, 0.29) is 0 Å². The van der Waals surface area contributed by atoms with Gasteiger partial charge in [-0.05, 0) is 0 Å². The van der Waals surface area contributed by atoms with Crippen molar-refractivity contribution in [1.82, 2.24) is 0 Å². The Balaban J connectivity index is 3.83. The third-order valence-corrected chi connectivity index (χ3v) is 2.08. The Kier molecular flexibility index (Phi) is 2.88. The predicted octanol–water partition coefficient (Wildman–Crippen LogP) is 0.247. The molecule has 0 unspecified atom stereocenters. The Labute approximate surface area is 48.2 Å². The summed E-state index contributed by atoms with van der Waals surface area (Å²) in [5.74, 6) is 1.53. The van der Waals surface area contributed by atoms with E-state index in [0.717, 1.165) is 0 Å². The Hall–Kier alpha value is -0.200. The SMILES string of the molecule is CO[PH](O)(C#N)OC. The van der Waals surface area contributed by atoms with Gasteiger partial charge in [-0.25, -0.2) is 0 Å². The molecule has 0 radical (unpaired) electrons. The molecule has 0 saturated carbocycles. The van der Waals surface area contributed by atoms with Crippen LogP contribution in [0, 0.1) is 11.1 Å². The van der Waals surface area contributed by atoms with E-state index in [1.807, 2.05) is 0 Å². The first kappa shape index (κ1) is 7.80. The summed E-state index contributed by atoms with van der Waals surface area (Å²) in [5.41, 5.74) is 0. The van der Waals surface area contributed by atoms with Crippen LogP contribution in [0.1, 0.15) is 0 Å². The van der Waals surface area contributed by atoms with Gasteiger partial charge in [0, 0.05) is 0 Å². The van der Waals surface area contributed by atoms with Crippen LogP contribution in [-0.2, 0) is 9.05 Å². The average molecular weight is 137 g/mol. The summed E-state index contributed by atoms with van der Waals surface area (Å²) in [6, 6.07) is 0. The van der Waals surface area contributed by atoms with Crippen molar-refractivity contribution in [1.29, 1.82) is 5.26 Å². The Morgan fingerprint density at radius 1 is 1.50 bits per heavy atom. The van der Waals surface area contributed by atoms with Gasteiger partial charge in [-0.3, -0.25) is 0 Å². The van der Waals surface area contributed by atoms with E-state index in [9.17, 15) is 0 Å². The van der Waals surface area contributed by atoms with Crippen molar-refractivity contribution in [2.45, 2.75) is 0 Å². The molecule has 0 spiro atoms. The van der Waals surface area contributed by atoms with Gasteiger partial charge in [0.05, 0.1) is 0 Å². The van der Waals surface area contributed by atoms with Gasteiger partial charge >= 0.3 is 47.2 Å². The van der Waals surface area contributed by atoms with Crippen LogP contribution in [0.4, 0.5) is 0 Å². The minimum atomic E-state index is -3.37. The first-order chi connectivity index (χ1) is 3.68. The number of hydrogen-bond donors (Lipinski definition) is 1. The van der Waals surface area contributed by atoms with E-state index in [1.165, 1.54) is 20.0 Å². The van der Waals surface area contributed by atoms with Crippen LogP contribution >= 0.6 is 7.94 Å². The van der Waals surface area contributed by atoms with E-state index < -0.39 is 7.94 Å². The quantitative estimate of drug-likeness (QED) is 0.554. The number of nitrogens with zero attached hydrogens (tertiary/aromatic N) is 1. The van der Waals surface area contributed by atoms with Gasteiger partial charge in [-0.2, -0.15) is 0 Å². The molecule has 1 N–H and O–H groups in total. The molecule has 0 saturated heterocycles. The number of nitriles is 1. The van der Waals surface area contributed by atoms with Crippen LogP contribution in [0.25, 0.3) is 0 Å². The zero-order chi connectivity index (χ0) is 6.62. The van der Waals surface area contributed by atoms with Crippen LogP contribution in [-0.4, -0.2) is 19.1 Å². The normalized spacial score (nSPS) is 12.8. The maximum absolute atomic E-state index is 8.77. The first-order valence-corrected chi connectivity index (χ1v) is 3.69.